The van der Waals surface area contributed by atoms with Gasteiger partial charge in [0.15, 0.2) is 5.84 Å². The van der Waals surface area contributed by atoms with Crippen molar-refractivity contribution in [2.75, 3.05) is 18.4 Å². The number of oxime groups is 1. The Morgan fingerprint density at radius 1 is 1.24 bits per heavy atom. The number of likely N-dealkylation sites (tertiary alicyclic amines) is 1. The Balaban J connectivity index is 1.73. The number of piperidine rings is 1. The molecule has 0 unspecified atom stereocenters. The lowest BCUT2D eigenvalue weighted by molar-refractivity contribution is -0.303. The van der Waals surface area contributed by atoms with E-state index in [2.05, 4.69) is 10.5 Å². The number of nitrogens with one attached hydrogen (secondary N) is 1. The molecule has 4 N–H and O–H groups in total. The molecule has 0 atom stereocenters. The van der Waals surface area contributed by atoms with E-state index in [4.69, 9.17) is 20.7 Å². The number of nitrogens with zero attached hydrogens (tertiary/aromatic N) is 2. The first-order valence-electron chi connectivity index (χ1n) is 9.44. The highest BCUT2D eigenvalue weighted by Crippen LogP contribution is 2.16. The summed E-state index contributed by atoms with van der Waals surface area (Å²) < 4.78 is 0. The minimum absolute atomic E-state index is 0.0365. The lowest BCUT2D eigenvalue weighted by atomic mass is 10.1. The van der Waals surface area contributed by atoms with Crippen LogP contribution in [0.4, 0.5) is 5.69 Å². The molecule has 158 valence electrons. The summed E-state index contributed by atoms with van der Waals surface area (Å²) in [7, 11) is 0. The number of amidine groups is 1. The topological polar surface area (TPSA) is 144 Å². The first-order valence-corrected chi connectivity index (χ1v) is 9.44. The quantitative estimate of drug-likeness (QED) is 0.148. The average molecular weight is 406 g/mol. The van der Waals surface area contributed by atoms with E-state index in [1.807, 2.05) is 6.92 Å². The molecule has 0 aromatic heterocycles. The van der Waals surface area contributed by atoms with Gasteiger partial charge in [-0.05, 0) is 43.5 Å². The van der Waals surface area contributed by atoms with E-state index < -0.39 is 11.9 Å². The molecule has 10 nitrogen and oxygen atoms in total. The zero-order chi connectivity index (χ0) is 21.2. The fraction of sp³-hybridized carbons (Fsp3) is 0.474. The standard InChI is InChI=1S/C19H26N4O6/c1-2-3-18(26)29-28-15-8-10-23(11-9-15)17(25)12-16(24)21-14-6-4-13(5-7-14)19(20)22-27/h4-7,15,27H,2-3,8-12H2,1H3,(H2,20,22)(H,21,24). The molecule has 0 saturated carbocycles. The number of hydrogen-bond acceptors (Lipinski definition) is 7. The second-order valence-corrected chi connectivity index (χ2v) is 6.67. The fourth-order valence-corrected chi connectivity index (χ4v) is 2.81. The fourth-order valence-electron chi connectivity index (χ4n) is 2.81. The second-order valence-electron chi connectivity index (χ2n) is 6.67. The van der Waals surface area contributed by atoms with Crippen molar-refractivity contribution in [3.05, 3.63) is 29.8 Å². The van der Waals surface area contributed by atoms with E-state index >= 15 is 0 Å². The van der Waals surface area contributed by atoms with Gasteiger partial charge in [-0.15, -0.1) is 0 Å². The number of carbonyl (C=O) groups excluding carboxylic acids is 3. The largest absolute Gasteiger partial charge is 0.409 e. The molecule has 0 spiro atoms. The smallest absolute Gasteiger partial charge is 0.342 e. The van der Waals surface area contributed by atoms with Gasteiger partial charge in [0, 0.05) is 30.8 Å². The van der Waals surface area contributed by atoms with Crippen LogP contribution in [0.1, 0.15) is 44.6 Å². The van der Waals surface area contributed by atoms with Crippen LogP contribution in [0.2, 0.25) is 0 Å². The Morgan fingerprint density at radius 2 is 1.90 bits per heavy atom. The Labute approximate surface area is 168 Å². The molecule has 1 saturated heterocycles. The van der Waals surface area contributed by atoms with Gasteiger partial charge in [0.05, 0.1) is 0 Å². The zero-order valence-electron chi connectivity index (χ0n) is 16.3. The summed E-state index contributed by atoms with van der Waals surface area (Å²) in [6.07, 6.45) is 1.52. The molecular weight excluding hydrogens is 380 g/mol. The molecule has 0 radical (unpaired) electrons. The summed E-state index contributed by atoms with van der Waals surface area (Å²) in [5.41, 5.74) is 6.48. The lowest BCUT2D eigenvalue weighted by Gasteiger charge is -2.30. The molecule has 10 heteroatoms. The summed E-state index contributed by atoms with van der Waals surface area (Å²) in [6.45, 7) is 2.73. The predicted molar refractivity (Wildman–Crippen MR) is 104 cm³/mol. The third kappa shape index (κ3) is 7.07. The summed E-state index contributed by atoms with van der Waals surface area (Å²) in [6, 6.07) is 6.37. The highest BCUT2D eigenvalue weighted by atomic mass is 17.2. The number of amides is 2. The summed E-state index contributed by atoms with van der Waals surface area (Å²) in [5, 5.41) is 14.2. The van der Waals surface area contributed by atoms with Crippen LogP contribution in [0, 0.1) is 0 Å². The number of nitrogens with two attached hydrogens (primary N) is 1. The predicted octanol–water partition coefficient (Wildman–Crippen LogP) is 1.38. The van der Waals surface area contributed by atoms with Crippen LogP contribution in [0.15, 0.2) is 29.4 Å². The van der Waals surface area contributed by atoms with Crippen LogP contribution in [-0.2, 0) is 24.2 Å². The van der Waals surface area contributed by atoms with Crippen LogP contribution in [-0.4, -0.2) is 52.9 Å². The Hall–Kier alpha value is -3.14. The molecule has 1 aliphatic heterocycles. The van der Waals surface area contributed by atoms with Crippen LogP contribution in [0.5, 0.6) is 0 Å². The number of benzene rings is 1. The van der Waals surface area contributed by atoms with Crippen LogP contribution >= 0.6 is 0 Å². The minimum atomic E-state index is -0.432. The number of hydrogen-bond donors (Lipinski definition) is 3. The normalized spacial score (nSPS) is 15.1. The van der Waals surface area contributed by atoms with Gasteiger partial charge >= 0.3 is 5.97 Å². The molecule has 1 aliphatic rings. The van der Waals surface area contributed by atoms with Crippen molar-refractivity contribution < 1.29 is 29.4 Å². The third-order valence-electron chi connectivity index (χ3n) is 4.41. The lowest BCUT2D eigenvalue weighted by Crippen LogP contribution is -2.42. The van der Waals surface area contributed by atoms with E-state index in [0.717, 1.165) is 0 Å². The van der Waals surface area contributed by atoms with Gasteiger partial charge in [0.1, 0.15) is 12.5 Å². The number of anilines is 1. The van der Waals surface area contributed by atoms with E-state index in [0.29, 0.717) is 50.0 Å². The first kappa shape index (κ1) is 22.2. The molecule has 0 bridgehead atoms. The SMILES string of the molecule is CCCC(=O)OOC1CCN(C(=O)CC(=O)Nc2ccc(/C(N)=N/O)cc2)CC1. The van der Waals surface area contributed by atoms with Crippen molar-refractivity contribution in [3.63, 3.8) is 0 Å². The number of carbonyl (C=O) groups is 3. The van der Waals surface area contributed by atoms with Gasteiger partial charge in [-0.25, -0.2) is 4.79 Å². The molecule has 29 heavy (non-hydrogen) atoms. The maximum Gasteiger partial charge on any atom is 0.342 e. The maximum atomic E-state index is 12.3. The molecule has 2 amide bonds. The molecule has 1 fully saturated rings. The van der Waals surface area contributed by atoms with Crippen LogP contribution < -0.4 is 11.1 Å². The highest BCUT2D eigenvalue weighted by molar-refractivity contribution is 6.04. The molecular formula is C19H26N4O6. The van der Waals surface area contributed by atoms with Gasteiger partial charge in [-0.1, -0.05) is 12.1 Å². The second kappa shape index (κ2) is 11.0. The third-order valence-corrected chi connectivity index (χ3v) is 4.41. The van der Waals surface area contributed by atoms with Crippen molar-refractivity contribution in [1.82, 2.24) is 4.90 Å². The van der Waals surface area contributed by atoms with Crippen molar-refractivity contribution in [2.45, 2.75) is 45.1 Å². The van der Waals surface area contributed by atoms with Gasteiger partial charge in [0.25, 0.3) is 0 Å². The van der Waals surface area contributed by atoms with Gasteiger partial charge in [-0.2, -0.15) is 4.89 Å². The summed E-state index contributed by atoms with van der Waals surface area (Å²) in [5.74, 6) is -1.15. The molecule has 1 aromatic carbocycles. The van der Waals surface area contributed by atoms with E-state index in [-0.39, 0.29) is 24.3 Å². The van der Waals surface area contributed by atoms with Crippen molar-refractivity contribution in [3.8, 4) is 0 Å². The summed E-state index contributed by atoms with van der Waals surface area (Å²) >= 11 is 0. The van der Waals surface area contributed by atoms with Gasteiger partial charge < -0.3 is 21.2 Å². The Bertz CT molecular complexity index is 742. The summed E-state index contributed by atoms with van der Waals surface area (Å²) in [4.78, 5) is 47.2. The molecule has 0 aliphatic carbocycles. The van der Waals surface area contributed by atoms with Gasteiger partial charge in [0.2, 0.25) is 11.8 Å². The van der Waals surface area contributed by atoms with E-state index in [1.165, 1.54) is 0 Å². The Morgan fingerprint density at radius 3 is 2.48 bits per heavy atom. The molecule has 1 heterocycles. The van der Waals surface area contributed by atoms with Crippen molar-refractivity contribution in [2.24, 2.45) is 10.9 Å². The Kier molecular flexibility index (Phi) is 8.41. The minimum Gasteiger partial charge on any atom is -0.409 e. The highest BCUT2D eigenvalue weighted by Gasteiger charge is 2.26. The maximum absolute atomic E-state index is 12.3. The molecule has 2 rings (SSSR count). The molecule has 1 aromatic rings. The average Bonchev–Trinajstić information content (AvgIpc) is 2.72. The van der Waals surface area contributed by atoms with E-state index in [1.54, 1.807) is 29.2 Å². The van der Waals surface area contributed by atoms with Crippen LogP contribution in [0.3, 0.4) is 0 Å². The van der Waals surface area contributed by atoms with Crippen molar-refractivity contribution >= 4 is 29.3 Å². The zero-order valence-corrected chi connectivity index (χ0v) is 16.3. The monoisotopic (exact) mass is 406 g/mol. The van der Waals surface area contributed by atoms with E-state index in [9.17, 15) is 14.4 Å². The van der Waals surface area contributed by atoms with Crippen molar-refractivity contribution in [1.29, 1.82) is 0 Å². The van der Waals surface area contributed by atoms with Gasteiger partial charge in [-0.3, -0.25) is 14.5 Å². The van der Waals surface area contributed by atoms with Crippen LogP contribution in [0.25, 0.3) is 0 Å². The first-order chi connectivity index (χ1) is 13.9. The number of rotatable bonds is 8.